The van der Waals surface area contributed by atoms with Crippen molar-refractivity contribution in [1.29, 1.82) is 0 Å². The topological polar surface area (TPSA) is 0 Å². The number of halogens is 2. The molecule has 0 amide bonds. The second-order valence-corrected chi connectivity index (χ2v) is 7.21. The number of rotatable bonds is 5. The van der Waals surface area contributed by atoms with E-state index in [-0.39, 0.29) is 0 Å². The number of alkyl halides is 2. The van der Waals surface area contributed by atoms with Crippen LogP contribution in [0.5, 0.6) is 0 Å². The SMILES string of the molecule is ClCCCCC(Br)B1C2CCCC1CCC2. The van der Waals surface area contributed by atoms with E-state index in [1.165, 1.54) is 57.8 Å². The van der Waals surface area contributed by atoms with Gasteiger partial charge in [0.2, 0.25) is 0 Å². The molecule has 0 aromatic rings. The maximum Gasteiger partial charge on any atom is 0.162 e. The lowest BCUT2D eigenvalue weighted by molar-refractivity contribution is 0.439. The Morgan fingerprint density at radius 3 is 2.12 bits per heavy atom. The van der Waals surface area contributed by atoms with Gasteiger partial charge in [-0.1, -0.05) is 72.5 Å². The average Bonchev–Trinajstić information content (AvgIpc) is 2.28. The first kappa shape index (κ1) is 13.3. The molecule has 2 heterocycles. The zero-order valence-electron chi connectivity index (χ0n) is 10.1. The van der Waals surface area contributed by atoms with Gasteiger partial charge in [0.25, 0.3) is 0 Å². The maximum absolute atomic E-state index is 5.75. The van der Waals surface area contributed by atoms with Crippen molar-refractivity contribution in [2.24, 2.45) is 0 Å². The van der Waals surface area contributed by atoms with Crippen LogP contribution in [0.15, 0.2) is 0 Å². The zero-order valence-corrected chi connectivity index (χ0v) is 12.5. The maximum atomic E-state index is 5.75. The fourth-order valence-corrected chi connectivity index (χ4v) is 5.32. The van der Waals surface area contributed by atoms with Crippen LogP contribution in [0.25, 0.3) is 0 Å². The largest absolute Gasteiger partial charge is 0.162 e. The van der Waals surface area contributed by atoms with E-state index >= 15 is 0 Å². The van der Waals surface area contributed by atoms with E-state index in [9.17, 15) is 0 Å². The smallest absolute Gasteiger partial charge is 0.127 e. The Balaban J connectivity index is 1.86. The van der Waals surface area contributed by atoms with Crippen molar-refractivity contribution < 1.29 is 0 Å². The molecule has 0 N–H and O–H groups in total. The van der Waals surface area contributed by atoms with E-state index in [0.29, 0.717) is 0 Å². The normalized spacial score (nSPS) is 31.5. The molecule has 2 rings (SSSR count). The van der Waals surface area contributed by atoms with Gasteiger partial charge in [-0.3, -0.25) is 0 Å². The summed E-state index contributed by atoms with van der Waals surface area (Å²) in [4.78, 5) is 0. The third-order valence-electron chi connectivity index (χ3n) is 4.67. The summed E-state index contributed by atoms with van der Waals surface area (Å²) in [6.07, 6.45) is 12.8. The van der Waals surface area contributed by atoms with Crippen LogP contribution in [0.3, 0.4) is 0 Å². The summed E-state index contributed by atoms with van der Waals surface area (Å²) in [5.74, 6) is 2.90. The minimum absolute atomic E-state index is 0.770. The molecule has 2 saturated heterocycles. The second-order valence-electron chi connectivity index (χ2n) is 5.66. The van der Waals surface area contributed by atoms with Gasteiger partial charge in [-0.15, -0.1) is 11.6 Å². The van der Waals surface area contributed by atoms with Crippen LogP contribution in [0, 0.1) is 0 Å². The fourth-order valence-electron chi connectivity index (χ4n) is 3.94. The van der Waals surface area contributed by atoms with Gasteiger partial charge in [0.15, 0.2) is 6.71 Å². The van der Waals surface area contributed by atoms with Crippen molar-refractivity contribution in [3.05, 3.63) is 0 Å². The Labute approximate surface area is 114 Å². The lowest BCUT2D eigenvalue weighted by Crippen LogP contribution is -2.41. The third-order valence-corrected chi connectivity index (χ3v) is 6.01. The molecule has 0 aromatic carbocycles. The Bertz CT molecular complexity index is 190. The number of hydrogen-bond acceptors (Lipinski definition) is 0. The van der Waals surface area contributed by atoms with E-state index in [1.54, 1.807) is 0 Å². The number of unbranched alkanes of at least 4 members (excludes halogenated alkanes) is 1. The highest BCUT2D eigenvalue weighted by Crippen LogP contribution is 2.49. The molecule has 16 heavy (non-hydrogen) atoms. The second kappa shape index (κ2) is 6.68. The van der Waals surface area contributed by atoms with Crippen molar-refractivity contribution in [2.45, 2.75) is 74.1 Å². The summed E-state index contributed by atoms with van der Waals surface area (Å²) in [6, 6.07) is 0. The molecule has 2 aliphatic heterocycles. The highest BCUT2D eigenvalue weighted by atomic mass is 79.9. The molecule has 2 bridgehead atoms. The van der Waals surface area contributed by atoms with E-state index in [4.69, 9.17) is 11.6 Å². The molecule has 1 unspecified atom stereocenters. The predicted molar refractivity (Wildman–Crippen MR) is 78.2 cm³/mol. The molecule has 0 nitrogen and oxygen atoms in total. The lowest BCUT2D eigenvalue weighted by atomic mass is 9.25. The summed E-state index contributed by atoms with van der Waals surface area (Å²) in [5, 5.41) is 0. The van der Waals surface area contributed by atoms with Crippen molar-refractivity contribution in [3.63, 3.8) is 0 Å². The Morgan fingerprint density at radius 1 is 1.06 bits per heavy atom. The minimum atomic E-state index is 0.770. The first-order valence-corrected chi connectivity index (χ1v) is 8.48. The summed E-state index contributed by atoms with van der Waals surface area (Å²) in [7, 11) is 0. The van der Waals surface area contributed by atoms with Crippen LogP contribution in [0.2, 0.25) is 11.6 Å². The van der Waals surface area contributed by atoms with E-state index < -0.39 is 0 Å². The van der Waals surface area contributed by atoms with Gasteiger partial charge < -0.3 is 0 Å². The summed E-state index contributed by atoms with van der Waals surface area (Å²) in [6.45, 7) is 0.984. The molecule has 2 aliphatic rings. The quantitative estimate of drug-likeness (QED) is 0.367. The third kappa shape index (κ3) is 3.19. The molecule has 92 valence electrons. The molecular formula is C13H23BBrCl. The van der Waals surface area contributed by atoms with Crippen molar-refractivity contribution in [2.75, 3.05) is 5.88 Å². The van der Waals surface area contributed by atoms with E-state index in [0.717, 1.165) is 29.0 Å². The van der Waals surface area contributed by atoms with E-state index in [1.807, 2.05) is 0 Å². The van der Waals surface area contributed by atoms with Crippen LogP contribution < -0.4 is 0 Å². The van der Waals surface area contributed by atoms with Crippen LogP contribution in [-0.2, 0) is 0 Å². The average molecular weight is 305 g/mol. The molecule has 1 atom stereocenters. The van der Waals surface area contributed by atoms with Gasteiger partial charge in [-0.25, -0.2) is 0 Å². The minimum Gasteiger partial charge on any atom is -0.127 e. The van der Waals surface area contributed by atoms with Crippen LogP contribution >= 0.6 is 27.5 Å². The van der Waals surface area contributed by atoms with Gasteiger partial charge in [0.1, 0.15) is 0 Å². The summed E-state index contributed by atoms with van der Waals surface area (Å²) in [5.41, 5.74) is 0. The molecule has 0 saturated carbocycles. The Morgan fingerprint density at radius 2 is 1.62 bits per heavy atom. The van der Waals surface area contributed by atoms with Gasteiger partial charge in [0, 0.05) is 5.88 Å². The lowest BCUT2D eigenvalue weighted by Gasteiger charge is -2.42. The van der Waals surface area contributed by atoms with Crippen molar-refractivity contribution in [3.8, 4) is 0 Å². The van der Waals surface area contributed by atoms with Gasteiger partial charge in [-0.2, -0.15) is 0 Å². The number of hydrogen-bond donors (Lipinski definition) is 0. The standard InChI is InChI=1S/C13H23BBrCl/c15-13(9-1-2-10-16)14-11-5-3-6-12(14)8-4-7-11/h11-13H,1-10H2. The summed E-state index contributed by atoms with van der Waals surface area (Å²) < 4.78 is 0.770. The van der Waals surface area contributed by atoms with Crippen LogP contribution in [-0.4, -0.2) is 17.3 Å². The van der Waals surface area contributed by atoms with Crippen molar-refractivity contribution >= 4 is 34.2 Å². The molecule has 0 aromatic heterocycles. The van der Waals surface area contributed by atoms with Crippen LogP contribution in [0.4, 0.5) is 0 Å². The van der Waals surface area contributed by atoms with Crippen molar-refractivity contribution in [1.82, 2.24) is 0 Å². The molecule has 3 heteroatoms. The first-order chi connectivity index (χ1) is 7.83. The predicted octanol–water partition coefficient (Wildman–Crippen LogP) is 5.30. The summed E-state index contributed by atoms with van der Waals surface area (Å²) >= 11 is 9.73. The molecule has 0 spiro atoms. The van der Waals surface area contributed by atoms with Gasteiger partial charge >= 0.3 is 0 Å². The molecule has 0 aliphatic carbocycles. The fraction of sp³-hybridized carbons (Fsp3) is 1.00. The molecule has 0 radical (unpaired) electrons. The van der Waals surface area contributed by atoms with Gasteiger partial charge in [-0.05, 0) is 17.6 Å². The molecular weight excluding hydrogens is 282 g/mol. The highest BCUT2D eigenvalue weighted by Gasteiger charge is 2.42. The van der Waals surface area contributed by atoms with Gasteiger partial charge in [0.05, 0.1) is 0 Å². The zero-order chi connectivity index (χ0) is 11.4. The first-order valence-electron chi connectivity index (χ1n) is 7.03. The number of fused-ring (bicyclic) bond motifs is 2. The van der Waals surface area contributed by atoms with E-state index in [2.05, 4.69) is 15.9 Å². The Kier molecular flexibility index (Phi) is 5.54. The highest BCUT2D eigenvalue weighted by molar-refractivity contribution is 9.10. The van der Waals surface area contributed by atoms with Crippen LogP contribution in [0.1, 0.15) is 57.8 Å². The molecule has 2 fully saturated rings. The Hall–Kier alpha value is 0.835. The monoisotopic (exact) mass is 304 g/mol.